The Morgan fingerprint density at radius 2 is 1.35 bits per heavy atom. The lowest BCUT2D eigenvalue weighted by Crippen LogP contribution is -2.63. The Morgan fingerprint density at radius 3 is 1.90 bits per heavy atom. The fourth-order valence-corrected chi connectivity index (χ4v) is 4.01. The van der Waals surface area contributed by atoms with E-state index in [1.165, 1.54) is 27.7 Å². The largest absolute Gasteiger partial charge is 0.493 e. The van der Waals surface area contributed by atoms with E-state index >= 15 is 0 Å². The van der Waals surface area contributed by atoms with E-state index in [0.29, 0.717) is 13.0 Å². The minimum atomic E-state index is -1.25. The molecule has 0 radical (unpaired) electrons. The van der Waals surface area contributed by atoms with Crippen LogP contribution in [-0.2, 0) is 54.0 Å². The number of hydrogen-bond donors (Lipinski definition) is 0. The van der Waals surface area contributed by atoms with Gasteiger partial charge in [0.1, 0.15) is 18.5 Å². The number of ether oxygens (including phenoxy) is 7. The van der Waals surface area contributed by atoms with E-state index in [9.17, 15) is 19.2 Å². The van der Waals surface area contributed by atoms with E-state index in [1.54, 1.807) is 0 Å². The van der Waals surface area contributed by atoms with Crippen molar-refractivity contribution in [2.24, 2.45) is 5.41 Å². The van der Waals surface area contributed by atoms with E-state index in [-0.39, 0.29) is 18.6 Å². The molecule has 1 fully saturated rings. The molecular weight excluding hydrogens is 524 g/mol. The van der Waals surface area contributed by atoms with Crippen molar-refractivity contribution in [1.29, 1.82) is 0 Å². The Morgan fingerprint density at radius 1 is 0.775 bits per heavy atom. The summed E-state index contributed by atoms with van der Waals surface area (Å²) in [6, 6.07) is 7.96. The van der Waals surface area contributed by atoms with Crippen LogP contribution >= 0.6 is 0 Å². The molecule has 0 aliphatic carbocycles. The van der Waals surface area contributed by atoms with Crippen LogP contribution in [-0.4, -0.2) is 74.4 Å². The summed E-state index contributed by atoms with van der Waals surface area (Å²) in [6.45, 7) is 11.7. The lowest BCUT2D eigenvalue weighted by atomic mass is 9.98. The molecule has 0 saturated carbocycles. The van der Waals surface area contributed by atoms with E-state index in [1.807, 2.05) is 24.3 Å². The highest BCUT2D eigenvalue weighted by Gasteiger charge is 2.52. The van der Waals surface area contributed by atoms with Gasteiger partial charge in [0, 0.05) is 34.3 Å². The normalized spacial score (nSPS) is 22.6. The van der Waals surface area contributed by atoms with Gasteiger partial charge in [-0.25, -0.2) is 0 Å². The molecule has 11 heteroatoms. The molecule has 1 aromatic carbocycles. The summed E-state index contributed by atoms with van der Waals surface area (Å²) in [7, 11) is 0. The molecule has 5 atom stereocenters. The molecule has 1 saturated heterocycles. The topological polar surface area (TPSA) is 133 Å². The first kappa shape index (κ1) is 33.0. The highest BCUT2D eigenvalue weighted by Crippen LogP contribution is 2.30. The molecule has 1 aliphatic rings. The Bertz CT molecular complexity index is 983. The SMILES string of the molecule is CC(=O)OC[C@H]1O[C@@H](OCCCCc2ccc(OCC(C)(C)C)cc2)[C@H](OC(C)=O)[C@@H](OC(C)=O)[C@@H]1OC(C)=O. The zero-order valence-electron chi connectivity index (χ0n) is 24.4. The maximum absolute atomic E-state index is 11.9. The van der Waals surface area contributed by atoms with Gasteiger partial charge in [0.25, 0.3) is 0 Å². The second-order valence-electron chi connectivity index (χ2n) is 10.9. The van der Waals surface area contributed by atoms with Gasteiger partial charge in [0.05, 0.1) is 6.61 Å². The van der Waals surface area contributed by atoms with Crippen molar-refractivity contribution in [3.63, 3.8) is 0 Å². The van der Waals surface area contributed by atoms with Gasteiger partial charge in [0.2, 0.25) is 0 Å². The van der Waals surface area contributed by atoms with E-state index < -0.39 is 54.6 Å². The third-order valence-electron chi connectivity index (χ3n) is 5.69. The molecule has 11 nitrogen and oxygen atoms in total. The molecule has 224 valence electrons. The minimum absolute atomic E-state index is 0.0786. The van der Waals surface area contributed by atoms with Crippen molar-refractivity contribution in [2.75, 3.05) is 19.8 Å². The molecule has 0 unspecified atom stereocenters. The summed E-state index contributed by atoms with van der Waals surface area (Å²) in [5.41, 5.74) is 1.23. The molecule has 0 bridgehead atoms. The van der Waals surface area contributed by atoms with E-state index in [0.717, 1.165) is 24.2 Å². The van der Waals surface area contributed by atoms with Gasteiger partial charge >= 0.3 is 23.9 Å². The maximum atomic E-state index is 11.9. The lowest BCUT2D eigenvalue weighted by molar-refractivity contribution is -0.308. The summed E-state index contributed by atoms with van der Waals surface area (Å²) in [5.74, 6) is -1.81. The van der Waals surface area contributed by atoms with Gasteiger partial charge in [-0.05, 0) is 42.4 Å². The summed E-state index contributed by atoms with van der Waals surface area (Å²) in [4.78, 5) is 47.1. The second-order valence-corrected chi connectivity index (χ2v) is 10.9. The van der Waals surface area contributed by atoms with Crippen LogP contribution in [0.2, 0.25) is 0 Å². The van der Waals surface area contributed by atoms with Crippen molar-refractivity contribution >= 4 is 23.9 Å². The van der Waals surface area contributed by atoms with Gasteiger partial charge < -0.3 is 33.2 Å². The summed E-state index contributed by atoms with van der Waals surface area (Å²) >= 11 is 0. The number of rotatable bonds is 13. The molecule has 1 heterocycles. The predicted molar refractivity (Wildman–Crippen MR) is 142 cm³/mol. The second kappa shape index (κ2) is 15.6. The quantitative estimate of drug-likeness (QED) is 0.197. The van der Waals surface area contributed by atoms with Crippen LogP contribution in [0.4, 0.5) is 0 Å². The molecule has 2 rings (SSSR count). The van der Waals surface area contributed by atoms with Crippen LogP contribution in [0.25, 0.3) is 0 Å². The zero-order valence-corrected chi connectivity index (χ0v) is 24.4. The minimum Gasteiger partial charge on any atom is -0.493 e. The van der Waals surface area contributed by atoms with Crippen molar-refractivity contribution in [3.8, 4) is 5.75 Å². The van der Waals surface area contributed by atoms with Gasteiger partial charge in [-0.2, -0.15) is 0 Å². The van der Waals surface area contributed by atoms with Crippen molar-refractivity contribution in [3.05, 3.63) is 29.8 Å². The third-order valence-corrected chi connectivity index (χ3v) is 5.69. The Kier molecular flexibility index (Phi) is 12.9. The number of carbonyl (C=O) groups excluding carboxylic acids is 4. The Balaban J connectivity index is 2.04. The number of esters is 4. The predicted octanol–water partition coefficient (Wildman–Crippen LogP) is 3.53. The molecule has 0 spiro atoms. The average molecular weight is 567 g/mol. The molecular formula is C29H42O11. The summed E-state index contributed by atoms with van der Waals surface area (Å²) < 4.78 is 38.9. The molecule has 1 aliphatic heterocycles. The number of aryl methyl sites for hydroxylation is 1. The van der Waals surface area contributed by atoms with Gasteiger partial charge in [-0.3, -0.25) is 19.2 Å². The van der Waals surface area contributed by atoms with E-state index in [4.69, 9.17) is 33.2 Å². The maximum Gasteiger partial charge on any atom is 0.303 e. The summed E-state index contributed by atoms with van der Waals surface area (Å²) in [6.07, 6.45) is -3.62. The Hall–Kier alpha value is -3.18. The van der Waals surface area contributed by atoms with E-state index in [2.05, 4.69) is 20.8 Å². The average Bonchev–Trinajstić information content (AvgIpc) is 2.84. The first-order chi connectivity index (χ1) is 18.7. The molecule has 0 amide bonds. The molecule has 1 aromatic rings. The Labute approximate surface area is 235 Å². The monoisotopic (exact) mass is 566 g/mol. The lowest BCUT2D eigenvalue weighted by Gasteiger charge is -2.44. The van der Waals surface area contributed by atoms with Gasteiger partial charge in [-0.15, -0.1) is 0 Å². The van der Waals surface area contributed by atoms with Crippen LogP contribution in [0, 0.1) is 5.41 Å². The van der Waals surface area contributed by atoms with Crippen LogP contribution in [0.1, 0.15) is 66.9 Å². The van der Waals surface area contributed by atoms with Crippen LogP contribution in [0.15, 0.2) is 24.3 Å². The van der Waals surface area contributed by atoms with Crippen LogP contribution in [0.5, 0.6) is 5.75 Å². The molecule has 0 aromatic heterocycles. The molecule has 40 heavy (non-hydrogen) atoms. The van der Waals surface area contributed by atoms with Gasteiger partial charge in [-0.1, -0.05) is 32.9 Å². The number of unbranched alkanes of at least 4 members (excludes halogenated alkanes) is 1. The highest BCUT2D eigenvalue weighted by atomic mass is 16.7. The van der Waals surface area contributed by atoms with Gasteiger partial charge in [0.15, 0.2) is 24.6 Å². The number of carbonyl (C=O) groups is 4. The fourth-order valence-electron chi connectivity index (χ4n) is 4.01. The standard InChI is InChI=1S/C29H42O11/c1-18(30)35-16-24-25(37-19(2)31)26(38-20(3)32)27(39-21(4)33)28(40-24)34-15-9-8-10-22-11-13-23(14-12-22)36-17-29(5,6)7/h11-14,24-28H,8-10,15-17H2,1-7H3/t24-,25-,26+,27-,28-/m1/s1. The van der Waals surface area contributed by atoms with Crippen molar-refractivity contribution in [2.45, 2.75) is 98.4 Å². The number of benzene rings is 1. The summed E-state index contributed by atoms with van der Waals surface area (Å²) in [5, 5.41) is 0. The smallest absolute Gasteiger partial charge is 0.303 e. The fraction of sp³-hybridized carbons (Fsp3) is 0.655. The first-order valence-electron chi connectivity index (χ1n) is 13.4. The number of hydrogen-bond acceptors (Lipinski definition) is 11. The zero-order chi connectivity index (χ0) is 29.9. The van der Waals surface area contributed by atoms with Crippen LogP contribution < -0.4 is 4.74 Å². The highest BCUT2D eigenvalue weighted by molar-refractivity contribution is 5.68. The van der Waals surface area contributed by atoms with Crippen molar-refractivity contribution in [1.82, 2.24) is 0 Å². The first-order valence-corrected chi connectivity index (χ1v) is 13.4. The van der Waals surface area contributed by atoms with Crippen LogP contribution in [0.3, 0.4) is 0 Å². The molecule has 0 N–H and O–H groups in total. The van der Waals surface area contributed by atoms with Crippen molar-refractivity contribution < 1.29 is 52.3 Å². The third kappa shape index (κ3) is 11.9.